The van der Waals surface area contributed by atoms with Crippen LogP contribution in [0.4, 0.5) is 24.5 Å². The fourth-order valence-electron chi connectivity index (χ4n) is 3.86. The van der Waals surface area contributed by atoms with E-state index < -0.39 is 46.0 Å². The van der Waals surface area contributed by atoms with Gasteiger partial charge in [0, 0.05) is 23.2 Å². The molecule has 1 heterocycles. The average Bonchev–Trinajstić information content (AvgIpc) is 2.82. The number of fused-ring (bicyclic) bond motifs is 1. The van der Waals surface area contributed by atoms with Crippen LogP contribution in [0.5, 0.6) is 0 Å². The van der Waals surface area contributed by atoms with E-state index in [2.05, 4.69) is 10.3 Å². The standard InChI is InChI=1S/C25H24F3N3O5/c1-4-8-19-16(5-2)22(17-9-6-7-10-20(17)29-19)24(33)36-14(3)23(32)30-21-12-11-15(31(34)35)13-18(21)25(26,27)28/h6-7,9-14H,4-5,8H2,1-3H3,(H,30,32)/t14-/m0/s1. The molecule has 1 amide bonds. The highest BCUT2D eigenvalue weighted by atomic mass is 19.4. The summed E-state index contributed by atoms with van der Waals surface area (Å²) in [6, 6.07) is 8.95. The van der Waals surface area contributed by atoms with E-state index in [1.165, 1.54) is 6.92 Å². The summed E-state index contributed by atoms with van der Waals surface area (Å²) >= 11 is 0. The second-order valence-electron chi connectivity index (χ2n) is 8.05. The Labute approximate surface area is 204 Å². The Hall–Kier alpha value is -4.02. The molecule has 2 aromatic carbocycles. The van der Waals surface area contributed by atoms with Crippen molar-refractivity contribution in [2.45, 2.75) is 52.3 Å². The highest BCUT2D eigenvalue weighted by Crippen LogP contribution is 2.37. The molecule has 0 bridgehead atoms. The fraction of sp³-hybridized carbons (Fsp3) is 0.320. The third-order valence-electron chi connectivity index (χ3n) is 5.55. The van der Waals surface area contributed by atoms with E-state index in [9.17, 15) is 32.9 Å². The van der Waals surface area contributed by atoms with Crippen LogP contribution in [0.15, 0.2) is 42.5 Å². The van der Waals surface area contributed by atoms with Gasteiger partial charge in [-0.1, -0.05) is 38.5 Å². The van der Waals surface area contributed by atoms with Gasteiger partial charge in [-0.2, -0.15) is 13.2 Å². The van der Waals surface area contributed by atoms with Gasteiger partial charge in [-0.15, -0.1) is 0 Å². The number of benzene rings is 2. The molecule has 8 nitrogen and oxygen atoms in total. The van der Waals surface area contributed by atoms with Crippen LogP contribution >= 0.6 is 0 Å². The lowest BCUT2D eigenvalue weighted by Gasteiger charge is -2.19. The monoisotopic (exact) mass is 503 g/mol. The summed E-state index contributed by atoms with van der Waals surface area (Å²) in [6.45, 7) is 5.08. The number of halogens is 3. The van der Waals surface area contributed by atoms with Crippen LogP contribution in [-0.4, -0.2) is 27.9 Å². The number of aryl methyl sites for hydroxylation is 1. The number of pyridine rings is 1. The smallest absolute Gasteiger partial charge is 0.418 e. The van der Waals surface area contributed by atoms with Crippen LogP contribution in [0.2, 0.25) is 0 Å². The topological polar surface area (TPSA) is 111 Å². The summed E-state index contributed by atoms with van der Waals surface area (Å²) in [5, 5.41) is 13.5. The highest BCUT2D eigenvalue weighted by molar-refractivity contribution is 6.06. The van der Waals surface area contributed by atoms with E-state index in [-0.39, 0.29) is 5.56 Å². The number of nitro groups is 1. The summed E-state index contributed by atoms with van der Waals surface area (Å²) in [5.74, 6) is -1.82. The molecule has 3 aromatic rings. The number of nitrogens with one attached hydrogen (secondary N) is 1. The second-order valence-corrected chi connectivity index (χ2v) is 8.05. The number of esters is 1. The minimum Gasteiger partial charge on any atom is -0.449 e. The molecule has 0 aliphatic heterocycles. The van der Waals surface area contributed by atoms with Crippen LogP contribution in [0.1, 0.15) is 54.4 Å². The Kier molecular flexibility index (Phi) is 7.91. The summed E-state index contributed by atoms with van der Waals surface area (Å²) in [7, 11) is 0. The largest absolute Gasteiger partial charge is 0.449 e. The van der Waals surface area contributed by atoms with Crippen molar-refractivity contribution in [1.29, 1.82) is 0 Å². The maximum atomic E-state index is 13.4. The summed E-state index contributed by atoms with van der Waals surface area (Å²) in [5.41, 5.74) is -0.581. The number of carbonyl (C=O) groups is 2. The quantitative estimate of drug-likeness (QED) is 0.234. The molecule has 36 heavy (non-hydrogen) atoms. The number of ether oxygens (including phenoxy) is 1. The van der Waals surface area contributed by atoms with E-state index >= 15 is 0 Å². The molecular formula is C25H24F3N3O5. The van der Waals surface area contributed by atoms with Gasteiger partial charge >= 0.3 is 12.1 Å². The first kappa shape index (κ1) is 26.6. The van der Waals surface area contributed by atoms with Crippen molar-refractivity contribution in [3.8, 4) is 0 Å². The molecule has 0 radical (unpaired) electrons. The highest BCUT2D eigenvalue weighted by Gasteiger charge is 2.36. The number of nitrogens with zero attached hydrogens (tertiary/aromatic N) is 2. The first-order valence-electron chi connectivity index (χ1n) is 11.3. The van der Waals surface area contributed by atoms with Crippen molar-refractivity contribution in [1.82, 2.24) is 4.98 Å². The van der Waals surface area contributed by atoms with Crippen LogP contribution in [0.25, 0.3) is 10.9 Å². The van der Waals surface area contributed by atoms with Crippen molar-refractivity contribution in [3.05, 3.63) is 75.0 Å². The number of anilines is 1. The van der Waals surface area contributed by atoms with E-state index in [1.54, 1.807) is 24.3 Å². The molecule has 0 saturated heterocycles. The normalized spacial score (nSPS) is 12.3. The number of nitro benzene ring substituents is 1. The number of alkyl halides is 3. The number of rotatable bonds is 8. The lowest BCUT2D eigenvalue weighted by atomic mass is 9.96. The number of hydrogen-bond donors (Lipinski definition) is 1. The lowest BCUT2D eigenvalue weighted by Crippen LogP contribution is -2.31. The van der Waals surface area contributed by atoms with Gasteiger partial charge in [-0.05, 0) is 37.5 Å². The molecule has 0 unspecified atom stereocenters. The minimum absolute atomic E-state index is 0.262. The van der Waals surface area contributed by atoms with Crippen molar-refractivity contribution < 1.29 is 32.4 Å². The van der Waals surface area contributed by atoms with Crippen molar-refractivity contribution >= 4 is 34.2 Å². The summed E-state index contributed by atoms with van der Waals surface area (Å²) in [6.07, 6.45) is -4.51. The molecule has 1 N–H and O–H groups in total. The number of amides is 1. The molecule has 0 aliphatic rings. The predicted molar refractivity (Wildman–Crippen MR) is 127 cm³/mol. The SMILES string of the molecule is CCCc1nc2ccccc2c(C(=O)O[C@@H](C)C(=O)Nc2ccc([N+](=O)[O-])cc2C(F)(F)F)c1CC. The molecule has 0 aliphatic carbocycles. The van der Waals surface area contributed by atoms with Gasteiger partial charge in [0.1, 0.15) is 0 Å². The molecule has 3 rings (SSSR count). The summed E-state index contributed by atoms with van der Waals surface area (Å²) < 4.78 is 45.7. The van der Waals surface area contributed by atoms with E-state index in [4.69, 9.17) is 4.74 Å². The molecule has 1 atom stereocenters. The van der Waals surface area contributed by atoms with Crippen LogP contribution < -0.4 is 5.32 Å². The first-order valence-corrected chi connectivity index (χ1v) is 11.3. The fourth-order valence-corrected chi connectivity index (χ4v) is 3.86. The Balaban J connectivity index is 1.91. The first-order chi connectivity index (χ1) is 17.0. The van der Waals surface area contributed by atoms with Crippen molar-refractivity contribution in [2.24, 2.45) is 0 Å². The van der Waals surface area contributed by atoms with Gasteiger partial charge in [-0.3, -0.25) is 19.9 Å². The van der Waals surface area contributed by atoms with Gasteiger partial charge in [0.25, 0.3) is 11.6 Å². The van der Waals surface area contributed by atoms with Crippen LogP contribution in [0, 0.1) is 10.1 Å². The Morgan fingerprint density at radius 3 is 2.47 bits per heavy atom. The molecule has 190 valence electrons. The van der Waals surface area contributed by atoms with Gasteiger partial charge in [0.2, 0.25) is 0 Å². The number of aromatic nitrogens is 1. The molecular weight excluding hydrogens is 479 g/mol. The van der Waals surface area contributed by atoms with E-state index in [0.717, 1.165) is 24.2 Å². The maximum Gasteiger partial charge on any atom is 0.418 e. The van der Waals surface area contributed by atoms with Gasteiger partial charge in [-0.25, -0.2) is 4.79 Å². The zero-order valence-electron chi connectivity index (χ0n) is 19.8. The van der Waals surface area contributed by atoms with E-state index in [0.29, 0.717) is 35.4 Å². The number of para-hydroxylation sites is 1. The molecule has 0 fully saturated rings. The van der Waals surface area contributed by atoms with Gasteiger partial charge < -0.3 is 10.1 Å². The molecule has 1 aromatic heterocycles. The molecule has 11 heteroatoms. The number of carbonyl (C=O) groups excluding carboxylic acids is 2. The minimum atomic E-state index is -4.96. The van der Waals surface area contributed by atoms with Gasteiger partial charge in [0.15, 0.2) is 6.10 Å². The van der Waals surface area contributed by atoms with Gasteiger partial charge in [0.05, 0.1) is 27.3 Å². The Bertz CT molecular complexity index is 1320. The molecule has 0 saturated carbocycles. The number of non-ortho nitro benzene ring substituents is 1. The van der Waals surface area contributed by atoms with Crippen molar-refractivity contribution in [3.63, 3.8) is 0 Å². The maximum absolute atomic E-state index is 13.4. The lowest BCUT2D eigenvalue weighted by molar-refractivity contribution is -0.385. The second kappa shape index (κ2) is 10.7. The Morgan fingerprint density at radius 1 is 1.17 bits per heavy atom. The predicted octanol–water partition coefficient (Wildman–Crippen LogP) is 5.86. The number of hydrogen-bond acceptors (Lipinski definition) is 6. The van der Waals surface area contributed by atoms with E-state index in [1.807, 2.05) is 13.8 Å². The third-order valence-corrected chi connectivity index (χ3v) is 5.55. The Morgan fingerprint density at radius 2 is 1.86 bits per heavy atom. The van der Waals surface area contributed by atoms with Crippen molar-refractivity contribution in [2.75, 3.05) is 5.32 Å². The third kappa shape index (κ3) is 5.61. The molecule has 0 spiro atoms. The average molecular weight is 503 g/mol. The zero-order valence-corrected chi connectivity index (χ0v) is 19.8. The van der Waals surface area contributed by atoms with Crippen LogP contribution in [0.3, 0.4) is 0 Å². The van der Waals surface area contributed by atoms with Crippen LogP contribution in [-0.2, 0) is 28.5 Å². The summed E-state index contributed by atoms with van der Waals surface area (Å²) in [4.78, 5) is 40.5. The zero-order chi connectivity index (χ0) is 26.6.